The molecule has 0 saturated heterocycles. The summed E-state index contributed by atoms with van der Waals surface area (Å²) >= 11 is 0. The molecule has 0 unspecified atom stereocenters. The maximum absolute atomic E-state index is 11.2. The fourth-order valence-corrected chi connectivity index (χ4v) is 1.35. The van der Waals surface area contributed by atoms with Gasteiger partial charge in [0.25, 0.3) is 0 Å². The molecule has 3 heteroatoms. The van der Waals surface area contributed by atoms with Gasteiger partial charge in [-0.15, -0.1) is 0 Å². The lowest BCUT2D eigenvalue weighted by atomic mass is 10.2. The molecule has 1 rings (SSSR count). The lowest BCUT2D eigenvalue weighted by Crippen LogP contribution is -2.09. The van der Waals surface area contributed by atoms with Crippen molar-refractivity contribution in [3.63, 3.8) is 0 Å². The Kier molecular flexibility index (Phi) is 4.83. The molecule has 0 radical (unpaired) electrons. The van der Waals surface area contributed by atoms with Gasteiger partial charge in [-0.25, -0.2) is 0 Å². The number of hydrogen-bond donors (Lipinski definition) is 1. The van der Waals surface area contributed by atoms with Crippen molar-refractivity contribution < 1.29 is 9.53 Å². The van der Waals surface area contributed by atoms with Crippen LogP contribution < -0.4 is 10.1 Å². The van der Waals surface area contributed by atoms with Gasteiger partial charge >= 0.3 is 0 Å². The maximum atomic E-state index is 11.2. The first-order chi connectivity index (χ1) is 7.67. The topological polar surface area (TPSA) is 38.3 Å². The summed E-state index contributed by atoms with van der Waals surface area (Å²) in [6, 6.07) is 5.69. The van der Waals surface area contributed by atoms with Crippen LogP contribution >= 0.6 is 0 Å². The minimum atomic E-state index is 0.0293. The van der Waals surface area contributed by atoms with Crippen molar-refractivity contribution in [1.29, 1.82) is 0 Å². The predicted octanol–water partition coefficient (Wildman–Crippen LogP) is 3.13. The van der Waals surface area contributed by atoms with E-state index in [2.05, 4.69) is 12.2 Å². The summed E-state index contributed by atoms with van der Waals surface area (Å²) in [5.41, 5.74) is 1.87. The first kappa shape index (κ1) is 12.6. The number of carbonyl (C=O) groups is 1. The minimum absolute atomic E-state index is 0.0293. The van der Waals surface area contributed by atoms with Gasteiger partial charge in [0.15, 0.2) is 0 Å². The smallest absolute Gasteiger partial charge is 0.224 e. The molecule has 0 aliphatic heterocycles. The van der Waals surface area contributed by atoms with Crippen molar-refractivity contribution in [3.8, 4) is 5.75 Å². The molecule has 1 aromatic carbocycles. The first-order valence-corrected chi connectivity index (χ1v) is 5.70. The molecule has 1 N–H and O–H groups in total. The second-order valence-corrected chi connectivity index (χ2v) is 3.73. The molecule has 0 heterocycles. The van der Waals surface area contributed by atoms with Gasteiger partial charge in [-0.1, -0.05) is 13.8 Å². The second kappa shape index (κ2) is 6.16. The highest BCUT2D eigenvalue weighted by Crippen LogP contribution is 2.22. The van der Waals surface area contributed by atoms with E-state index in [1.54, 1.807) is 0 Å². The molecule has 0 saturated carbocycles. The Morgan fingerprint density at radius 1 is 1.38 bits per heavy atom. The molecule has 16 heavy (non-hydrogen) atoms. The molecule has 0 aliphatic rings. The van der Waals surface area contributed by atoms with E-state index in [1.165, 1.54) is 0 Å². The molecule has 0 atom stereocenters. The average Bonchev–Trinajstić information content (AvgIpc) is 2.28. The highest BCUT2D eigenvalue weighted by Gasteiger charge is 2.03. The van der Waals surface area contributed by atoms with E-state index in [0.29, 0.717) is 6.42 Å². The third-order valence-electron chi connectivity index (χ3n) is 2.24. The highest BCUT2D eigenvalue weighted by atomic mass is 16.5. The summed E-state index contributed by atoms with van der Waals surface area (Å²) in [6.07, 6.45) is 1.49. The Labute approximate surface area is 96.8 Å². The van der Waals surface area contributed by atoms with Crippen LogP contribution in [0.5, 0.6) is 5.75 Å². The molecule has 0 aliphatic carbocycles. The Morgan fingerprint density at radius 2 is 2.12 bits per heavy atom. The summed E-state index contributed by atoms with van der Waals surface area (Å²) in [5, 5.41) is 2.82. The number of amides is 1. The van der Waals surface area contributed by atoms with Gasteiger partial charge in [0.2, 0.25) is 5.91 Å². The van der Waals surface area contributed by atoms with Crippen LogP contribution in [0.3, 0.4) is 0 Å². The normalized spacial score (nSPS) is 9.94. The lowest BCUT2D eigenvalue weighted by molar-refractivity contribution is -0.115. The van der Waals surface area contributed by atoms with Crippen LogP contribution in [0, 0.1) is 6.92 Å². The third kappa shape index (κ3) is 3.57. The monoisotopic (exact) mass is 221 g/mol. The zero-order valence-electron chi connectivity index (χ0n) is 10.2. The van der Waals surface area contributed by atoms with Crippen molar-refractivity contribution in [2.45, 2.75) is 33.6 Å². The fraction of sp³-hybridized carbons (Fsp3) is 0.462. The number of benzene rings is 1. The van der Waals surface area contributed by atoms with Crippen LogP contribution in [0.25, 0.3) is 0 Å². The molecular formula is C13H19NO2. The summed E-state index contributed by atoms with van der Waals surface area (Å²) in [6.45, 7) is 6.61. The molecule has 1 aromatic rings. The molecule has 88 valence electrons. The molecule has 1 amide bonds. The Bertz CT molecular complexity index is 361. The maximum Gasteiger partial charge on any atom is 0.224 e. The van der Waals surface area contributed by atoms with Crippen molar-refractivity contribution in [1.82, 2.24) is 0 Å². The molecule has 0 aromatic heterocycles. The van der Waals surface area contributed by atoms with Gasteiger partial charge in [-0.2, -0.15) is 0 Å². The highest BCUT2D eigenvalue weighted by molar-refractivity contribution is 5.90. The van der Waals surface area contributed by atoms with E-state index in [1.807, 2.05) is 32.0 Å². The third-order valence-corrected chi connectivity index (χ3v) is 2.24. The lowest BCUT2D eigenvalue weighted by Gasteiger charge is -2.10. The van der Waals surface area contributed by atoms with E-state index in [-0.39, 0.29) is 5.91 Å². The van der Waals surface area contributed by atoms with E-state index in [4.69, 9.17) is 4.74 Å². The van der Waals surface area contributed by atoms with Crippen LogP contribution in [-0.2, 0) is 4.79 Å². The van der Waals surface area contributed by atoms with E-state index in [0.717, 1.165) is 30.0 Å². The first-order valence-electron chi connectivity index (χ1n) is 5.70. The average molecular weight is 221 g/mol. The molecule has 0 spiro atoms. The van der Waals surface area contributed by atoms with Gasteiger partial charge in [-0.05, 0) is 37.1 Å². The van der Waals surface area contributed by atoms with Crippen LogP contribution in [0.2, 0.25) is 0 Å². The Balaban J connectivity index is 2.70. The zero-order chi connectivity index (χ0) is 12.0. The number of ether oxygens (including phenoxy) is 1. The van der Waals surface area contributed by atoms with Crippen molar-refractivity contribution in [2.75, 3.05) is 11.9 Å². The summed E-state index contributed by atoms with van der Waals surface area (Å²) in [7, 11) is 0. The molecule has 0 fully saturated rings. The SMILES string of the molecule is CCCOc1ccc(NC(=O)CC)cc1C. The number of anilines is 1. The Morgan fingerprint density at radius 3 is 2.69 bits per heavy atom. The van der Waals surface area contributed by atoms with Gasteiger partial charge in [-0.3, -0.25) is 4.79 Å². The summed E-state index contributed by atoms with van der Waals surface area (Å²) in [4.78, 5) is 11.2. The van der Waals surface area contributed by atoms with Gasteiger partial charge < -0.3 is 10.1 Å². The quantitative estimate of drug-likeness (QED) is 0.829. The zero-order valence-corrected chi connectivity index (χ0v) is 10.2. The van der Waals surface area contributed by atoms with E-state index < -0.39 is 0 Å². The van der Waals surface area contributed by atoms with Gasteiger partial charge in [0.1, 0.15) is 5.75 Å². The number of hydrogen-bond acceptors (Lipinski definition) is 2. The van der Waals surface area contributed by atoms with Crippen LogP contribution in [0.1, 0.15) is 32.3 Å². The fourth-order valence-electron chi connectivity index (χ4n) is 1.35. The summed E-state index contributed by atoms with van der Waals surface area (Å²) < 4.78 is 5.56. The number of carbonyl (C=O) groups excluding carboxylic acids is 1. The molecule has 3 nitrogen and oxygen atoms in total. The van der Waals surface area contributed by atoms with E-state index >= 15 is 0 Å². The van der Waals surface area contributed by atoms with Crippen LogP contribution in [0.4, 0.5) is 5.69 Å². The minimum Gasteiger partial charge on any atom is -0.493 e. The second-order valence-electron chi connectivity index (χ2n) is 3.73. The summed E-state index contributed by atoms with van der Waals surface area (Å²) in [5.74, 6) is 0.915. The molecule has 0 bridgehead atoms. The van der Waals surface area contributed by atoms with E-state index in [9.17, 15) is 4.79 Å². The standard InChI is InChI=1S/C13H19NO2/c1-4-8-16-12-7-6-11(9-10(12)3)14-13(15)5-2/h6-7,9H,4-5,8H2,1-3H3,(H,14,15). The van der Waals surface area contributed by atoms with Crippen molar-refractivity contribution in [3.05, 3.63) is 23.8 Å². The number of rotatable bonds is 5. The number of nitrogens with one attached hydrogen (secondary N) is 1. The largest absolute Gasteiger partial charge is 0.493 e. The van der Waals surface area contributed by atoms with Gasteiger partial charge in [0, 0.05) is 12.1 Å². The van der Waals surface area contributed by atoms with Crippen LogP contribution in [-0.4, -0.2) is 12.5 Å². The number of aryl methyl sites for hydroxylation is 1. The Hall–Kier alpha value is -1.51. The van der Waals surface area contributed by atoms with Crippen molar-refractivity contribution in [2.24, 2.45) is 0 Å². The van der Waals surface area contributed by atoms with Gasteiger partial charge in [0.05, 0.1) is 6.61 Å². The van der Waals surface area contributed by atoms with Crippen molar-refractivity contribution >= 4 is 11.6 Å². The predicted molar refractivity (Wildman–Crippen MR) is 65.9 cm³/mol. The van der Waals surface area contributed by atoms with Crippen LogP contribution in [0.15, 0.2) is 18.2 Å². The molecular weight excluding hydrogens is 202 g/mol.